The zero-order valence-corrected chi connectivity index (χ0v) is 8.76. The molecule has 1 aromatic rings. The Bertz CT molecular complexity index is 370. The molecule has 1 nitrogen and oxygen atoms in total. The van der Waals surface area contributed by atoms with Crippen LogP contribution in [0.15, 0.2) is 18.2 Å². The van der Waals surface area contributed by atoms with Crippen molar-refractivity contribution in [2.75, 3.05) is 0 Å². The molecule has 0 amide bonds. The van der Waals surface area contributed by atoms with E-state index in [9.17, 15) is 8.78 Å². The van der Waals surface area contributed by atoms with E-state index in [1.807, 2.05) is 0 Å². The molecule has 1 aromatic carbocycles. The summed E-state index contributed by atoms with van der Waals surface area (Å²) in [4.78, 5) is 0. The Balaban J connectivity index is 2.11. The van der Waals surface area contributed by atoms with Crippen LogP contribution in [0.25, 0.3) is 0 Å². The van der Waals surface area contributed by atoms with Gasteiger partial charge in [-0.3, -0.25) is 0 Å². The van der Waals surface area contributed by atoms with Gasteiger partial charge in [-0.15, -0.1) is 0 Å². The molecule has 15 heavy (non-hydrogen) atoms. The van der Waals surface area contributed by atoms with Crippen LogP contribution in [0, 0.1) is 12.7 Å². The molecule has 0 aliphatic heterocycles. The molecule has 0 aromatic heterocycles. The smallest absolute Gasteiger partial charge is 0.123 e. The van der Waals surface area contributed by atoms with Crippen LogP contribution in [0.3, 0.4) is 0 Å². The van der Waals surface area contributed by atoms with E-state index < -0.39 is 5.67 Å². The third-order valence-corrected chi connectivity index (χ3v) is 3.07. The number of benzene rings is 1. The van der Waals surface area contributed by atoms with Crippen molar-refractivity contribution in [1.29, 1.82) is 0 Å². The second kappa shape index (κ2) is 3.56. The molecule has 1 fully saturated rings. The molecule has 0 saturated heterocycles. The molecule has 3 heteroatoms. The summed E-state index contributed by atoms with van der Waals surface area (Å²) in [6.07, 6.45) is 1.19. The largest absolute Gasteiger partial charge is 0.327 e. The van der Waals surface area contributed by atoms with Crippen LogP contribution in [0.4, 0.5) is 8.78 Å². The second-order valence-corrected chi connectivity index (χ2v) is 4.57. The lowest BCUT2D eigenvalue weighted by Gasteiger charge is -2.39. The van der Waals surface area contributed by atoms with Crippen LogP contribution in [0.2, 0.25) is 0 Å². The number of aryl methyl sites for hydroxylation is 1. The van der Waals surface area contributed by atoms with E-state index >= 15 is 0 Å². The summed E-state index contributed by atoms with van der Waals surface area (Å²) in [5.74, 6) is -0.269. The molecular weight excluding hydrogens is 196 g/mol. The van der Waals surface area contributed by atoms with Crippen molar-refractivity contribution >= 4 is 0 Å². The lowest BCUT2D eigenvalue weighted by molar-refractivity contribution is 0.0443. The SMILES string of the molecule is Cc1cc(F)ccc1CC1(F)CC(N)C1. The van der Waals surface area contributed by atoms with Crippen LogP contribution >= 0.6 is 0 Å². The van der Waals surface area contributed by atoms with Crippen LogP contribution in [-0.2, 0) is 6.42 Å². The molecule has 1 aliphatic carbocycles. The van der Waals surface area contributed by atoms with Gasteiger partial charge in [0.05, 0.1) is 0 Å². The van der Waals surface area contributed by atoms with Gasteiger partial charge < -0.3 is 5.73 Å². The second-order valence-electron chi connectivity index (χ2n) is 4.57. The first-order chi connectivity index (χ1) is 6.98. The number of rotatable bonds is 2. The Morgan fingerprint density at radius 2 is 2.13 bits per heavy atom. The van der Waals surface area contributed by atoms with Crippen molar-refractivity contribution in [3.63, 3.8) is 0 Å². The van der Waals surface area contributed by atoms with E-state index in [0.29, 0.717) is 19.3 Å². The molecule has 0 spiro atoms. The molecule has 0 radical (unpaired) electrons. The standard InChI is InChI=1S/C12H15F2N/c1-8-4-10(13)3-2-9(8)5-12(14)6-11(15)7-12/h2-4,11H,5-7,15H2,1H3. The van der Waals surface area contributed by atoms with Crippen molar-refractivity contribution in [2.45, 2.75) is 37.9 Å². The van der Waals surface area contributed by atoms with Gasteiger partial charge >= 0.3 is 0 Å². The molecule has 2 rings (SSSR count). The highest BCUT2D eigenvalue weighted by molar-refractivity contribution is 5.28. The van der Waals surface area contributed by atoms with Crippen LogP contribution < -0.4 is 5.73 Å². The molecule has 1 saturated carbocycles. The summed E-state index contributed by atoms with van der Waals surface area (Å²) in [5, 5.41) is 0. The predicted molar refractivity (Wildman–Crippen MR) is 55.9 cm³/mol. The maximum atomic E-state index is 13.9. The van der Waals surface area contributed by atoms with Crippen LogP contribution in [0.1, 0.15) is 24.0 Å². The molecule has 0 bridgehead atoms. The Morgan fingerprint density at radius 1 is 1.47 bits per heavy atom. The summed E-state index contributed by atoms with van der Waals surface area (Å²) < 4.78 is 26.8. The van der Waals surface area contributed by atoms with Crippen molar-refractivity contribution in [3.8, 4) is 0 Å². The van der Waals surface area contributed by atoms with Gasteiger partial charge in [-0.1, -0.05) is 6.07 Å². The van der Waals surface area contributed by atoms with Gasteiger partial charge in [0.15, 0.2) is 0 Å². The first-order valence-corrected chi connectivity index (χ1v) is 5.18. The van der Waals surface area contributed by atoms with Gasteiger partial charge in [-0.05, 0) is 43.0 Å². The minimum Gasteiger partial charge on any atom is -0.327 e. The fraction of sp³-hybridized carbons (Fsp3) is 0.500. The van der Waals surface area contributed by atoms with E-state index in [2.05, 4.69) is 0 Å². The Labute approximate surface area is 88.3 Å². The van der Waals surface area contributed by atoms with E-state index in [-0.39, 0.29) is 11.9 Å². The molecular formula is C12H15F2N. The number of nitrogens with two attached hydrogens (primary N) is 1. The minimum absolute atomic E-state index is 0.00393. The molecule has 2 N–H and O–H groups in total. The molecule has 0 heterocycles. The predicted octanol–water partition coefficient (Wildman–Crippen LogP) is 2.51. The first-order valence-electron chi connectivity index (χ1n) is 5.18. The monoisotopic (exact) mass is 211 g/mol. The third kappa shape index (κ3) is 2.17. The van der Waals surface area contributed by atoms with Gasteiger partial charge in [0.25, 0.3) is 0 Å². The molecule has 1 aliphatic rings. The highest BCUT2D eigenvalue weighted by atomic mass is 19.1. The van der Waals surface area contributed by atoms with Gasteiger partial charge in [-0.25, -0.2) is 8.78 Å². The van der Waals surface area contributed by atoms with Gasteiger partial charge in [-0.2, -0.15) is 0 Å². The summed E-state index contributed by atoms with van der Waals surface area (Å²) in [6, 6.07) is 4.48. The number of hydrogen-bond donors (Lipinski definition) is 1. The number of hydrogen-bond acceptors (Lipinski definition) is 1. The maximum Gasteiger partial charge on any atom is 0.123 e. The lowest BCUT2D eigenvalue weighted by Crippen LogP contribution is -2.49. The zero-order chi connectivity index (χ0) is 11.1. The summed E-state index contributed by atoms with van der Waals surface area (Å²) in [6.45, 7) is 1.81. The van der Waals surface area contributed by atoms with E-state index in [0.717, 1.165) is 11.1 Å². The van der Waals surface area contributed by atoms with E-state index in [1.54, 1.807) is 13.0 Å². The van der Waals surface area contributed by atoms with Crippen molar-refractivity contribution in [2.24, 2.45) is 5.73 Å². The van der Waals surface area contributed by atoms with Crippen molar-refractivity contribution in [1.82, 2.24) is 0 Å². The lowest BCUT2D eigenvalue weighted by atomic mass is 9.74. The highest BCUT2D eigenvalue weighted by Gasteiger charge is 2.43. The van der Waals surface area contributed by atoms with Crippen LogP contribution in [-0.4, -0.2) is 11.7 Å². The molecule has 0 unspecified atom stereocenters. The number of halogens is 2. The summed E-state index contributed by atoms with van der Waals surface area (Å²) in [7, 11) is 0. The van der Waals surface area contributed by atoms with Gasteiger partial charge in [0, 0.05) is 12.5 Å². The van der Waals surface area contributed by atoms with Crippen molar-refractivity contribution < 1.29 is 8.78 Å². The minimum atomic E-state index is -1.16. The van der Waals surface area contributed by atoms with E-state index in [1.165, 1.54) is 12.1 Å². The van der Waals surface area contributed by atoms with E-state index in [4.69, 9.17) is 5.73 Å². The quantitative estimate of drug-likeness (QED) is 0.799. The fourth-order valence-corrected chi connectivity index (χ4v) is 2.22. The van der Waals surface area contributed by atoms with Crippen LogP contribution in [0.5, 0.6) is 0 Å². The normalized spacial score (nSPS) is 30.0. The van der Waals surface area contributed by atoms with Gasteiger partial charge in [0.1, 0.15) is 11.5 Å². The Hall–Kier alpha value is -0.960. The Morgan fingerprint density at radius 3 is 2.67 bits per heavy atom. The van der Waals surface area contributed by atoms with Crippen molar-refractivity contribution in [3.05, 3.63) is 35.1 Å². The summed E-state index contributed by atoms with van der Waals surface area (Å²) in [5.41, 5.74) is 6.10. The average Bonchev–Trinajstić information content (AvgIpc) is 2.08. The topological polar surface area (TPSA) is 26.0 Å². The first kappa shape index (κ1) is 10.6. The van der Waals surface area contributed by atoms with Gasteiger partial charge in [0.2, 0.25) is 0 Å². The summed E-state index contributed by atoms with van der Waals surface area (Å²) >= 11 is 0. The third-order valence-electron chi connectivity index (χ3n) is 3.07. The fourth-order valence-electron chi connectivity index (χ4n) is 2.22. The Kier molecular flexibility index (Phi) is 2.51. The zero-order valence-electron chi connectivity index (χ0n) is 8.76. The average molecular weight is 211 g/mol. The molecule has 0 atom stereocenters. The highest BCUT2D eigenvalue weighted by Crippen LogP contribution is 2.38. The maximum absolute atomic E-state index is 13.9. The number of alkyl halides is 1. The molecule has 82 valence electrons.